The summed E-state index contributed by atoms with van der Waals surface area (Å²) in [4.78, 5) is 11.8. The van der Waals surface area contributed by atoms with Gasteiger partial charge in [0, 0.05) is 35.9 Å². The Morgan fingerprint density at radius 3 is 2.27 bits per heavy atom. The van der Waals surface area contributed by atoms with Gasteiger partial charge in [0.2, 0.25) is 0 Å². The monoisotopic (exact) mass is 428 g/mol. The van der Waals surface area contributed by atoms with E-state index in [0.29, 0.717) is 23.4 Å². The number of anilines is 3. The normalized spacial score (nSPS) is 11.3. The third-order valence-electron chi connectivity index (χ3n) is 3.98. The van der Waals surface area contributed by atoms with Crippen LogP contribution in [0.2, 0.25) is 0 Å². The molecule has 11 heteroatoms. The minimum atomic E-state index is -4.14. The Bertz CT molecular complexity index is 1260. The first-order chi connectivity index (χ1) is 14.4. The second-order valence-corrected chi connectivity index (χ2v) is 7.83. The van der Waals surface area contributed by atoms with Crippen LogP contribution in [0.1, 0.15) is 0 Å². The van der Waals surface area contributed by atoms with Crippen molar-refractivity contribution in [3.05, 3.63) is 85.2 Å². The van der Waals surface area contributed by atoms with E-state index in [0.717, 1.165) is 12.1 Å². The van der Waals surface area contributed by atoms with Crippen LogP contribution in [0.5, 0.6) is 0 Å². The lowest BCUT2D eigenvalue weighted by atomic mass is 10.3. The van der Waals surface area contributed by atoms with Crippen LogP contribution in [0.4, 0.5) is 26.0 Å². The van der Waals surface area contributed by atoms with E-state index < -0.39 is 26.6 Å². The van der Waals surface area contributed by atoms with E-state index in [1.54, 1.807) is 41.5 Å². The summed E-state index contributed by atoms with van der Waals surface area (Å²) in [5.41, 5.74) is 0.872. The van der Waals surface area contributed by atoms with Gasteiger partial charge in [-0.05, 0) is 36.4 Å². The molecule has 152 valence electrons. The summed E-state index contributed by atoms with van der Waals surface area (Å²) in [5, 5.41) is 3.08. The van der Waals surface area contributed by atoms with Crippen molar-refractivity contribution >= 4 is 27.2 Å². The summed E-state index contributed by atoms with van der Waals surface area (Å²) in [6.45, 7) is 0. The molecule has 0 saturated carbocycles. The molecule has 0 saturated heterocycles. The number of hydrogen-bond acceptors (Lipinski definition) is 6. The molecule has 0 bridgehead atoms. The number of sulfonamides is 1. The van der Waals surface area contributed by atoms with E-state index in [4.69, 9.17) is 0 Å². The van der Waals surface area contributed by atoms with E-state index in [1.807, 2.05) is 0 Å². The molecule has 2 aromatic carbocycles. The van der Waals surface area contributed by atoms with Crippen LogP contribution in [0.25, 0.3) is 5.82 Å². The van der Waals surface area contributed by atoms with Crippen molar-refractivity contribution in [1.82, 2.24) is 19.5 Å². The highest BCUT2D eigenvalue weighted by molar-refractivity contribution is 7.92. The van der Waals surface area contributed by atoms with Gasteiger partial charge in [0.1, 0.15) is 35.9 Å². The van der Waals surface area contributed by atoms with E-state index in [-0.39, 0.29) is 5.69 Å². The summed E-state index contributed by atoms with van der Waals surface area (Å²) in [6, 6.07) is 10.1. The third kappa shape index (κ3) is 4.41. The predicted molar refractivity (Wildman–Crippen MR) is 106 cm³/mol. The minimum Gasteiger partial charge on any atom is -0.340 e. The Morgan fingerprint density at radius 2 is 1.60 bits per heavy atom. The quantitative estimate of drug-likeness (QED) is 0.488. The molecule has 0 fully saturated rings. The average Bonchev–Trinajstić information content (AvgIpc) is 3.24. The predicted octanol–water partition coefficient (Wildman–Crippen LogP) is 3.48. The number of aromatic nitrogens is 4. The summed E-state index contributed by atoms with van der Waals surface area (Å²) in [6.07, 6.45) is 6.39. The minimum absolute atomic E-state index is 0.229. The lowest BCUT2D eigenvalue weighted by Crippen LogP contribution is -2.13. The van der Waals surface area contributed by atoms with Crippen LogP contribution in [-0.2, 0) is 10.0 Å². The van der Waals surface area contributed by atoms with Crippen LogP contribution in [-0.4, -0.2) is 27.9 Å². The molecule has 0 radical (unpaired) electrons. The van der Waals surface area contributed by atoms with Gasteiger partial charge in [0.25, 0.3) is 10.0 Å². The smallest absolute Gasteiger partial charge is 0.262 e. The van der Waals surface area contributed by atoms with Crippen molar-refractivity contribution in [2.45, 2.75) is 4.90 Å². The summed E-state index contributed by atoms with van der Waals surface area (Å²) in [7, 11) is -4.14. The maximum Gasteiger partial charge on any atom is 0.262 e. The molecular weight excluding hydrogens is 414 g/mol. The number of imidazole rings is 1. The van der Waals surface area contributed by atoms with Crippen LogP contribution in [0, 0.1) is 11.6 Å². The number of benzene rings is 2. The number of hydrogen-bond donors (Lipinski definition) is 2. The molecule has 0 aliphatic rings. The fraction of sp³-hybridized carbons (Fsp3) is 0. The standard InChI is InChI=1S/C19H14F2N6O2S/c20-13-7-14(21)9-17(8-13)30(28,29)26-16-3-1-15(2-4-16)25-18-10-19(24-11-23-18)27-6-5-22-12-27/h1-12,26H,(H,23,24,25). The SMILES string of the molecule is O=S(=O)(Nc1ccc(Nc2cc(-n3ccnc3)ncn2)cc1)c1cc(F)cc(F)c1. The Kier molecular flexibility index (Phi) is 5.11. The van der Waals surface area contributed by atoms with Gasteiger partial charge in [-0.25, -0.2) is 32.2 Å². The molecule has 0 spiro atoms. The fourth-order valence-electron chi connectivity index (χ4n) is 2.62. The van der Waals surface area contributed by atoms with Crippen molar-refractivity contribution in [2.75, 3.05) is 10.0 Å². The Balaban J connectivity index is 1.49. The lowest BCUT2D eigenvalue weighted by Gasteiger charge is -2.10. The summed E-state index contributed by atoms with van der Waals surface area (Å²) < 4.78 is 55.3. The van der Waals surface area contributed by atoms with Gasteiger partial charge in [-0.3, -0.25) is 9.29 Å². The lowest BCUT2D eigenvalue weighted by molar-refractivity contribution is 0.568. The summed E-state index contributed by atoms with van der Waals surface area (Å²) >= 11 is 0. The molecular formula is C19H14F2N6O2S. The van der Waals surface area contributed by atoms with E-state index in [1.165, 1.54) is 18.5 Å². The topological polar surface area (TPSA) is 102 Å². The fourth-order valence-corrected chi connectivity index (χ4v) is 3.72. The molecule has 0 atom stereocenters. The third-order valence-corrected chi connectivity index (χ3v) is 5.34. The number of halogens is 2. The van der Waals surface area contributed by atoms with Crippen LogP contribution in [0.15, 0.2) is 78.5 Å². The van der Waals surface area contributed by atoms with Crippen LogP contribution in [0.3, 0.4) is 0 Å². The molecule has 2 N–H and O–H groups in total. The van der Waals surface area contributed by atoms with E-state index in [2.05, 4.69) is 25.0 Å². The average molecular weight is 428 g/mol. The molecule has 8 nitrogen and oxygen atoms in total. The van der Waals surface area contributed by atoms with Gasteiger partial charge in [0.15, 0.2) is 0 Å². The molecule has 2 aromatic heterocycles. The van der Waals surface area contributed by atoms with Gasteiger partial charge in [0.05, 0.1) is 4.90 Å². The van der Waals surface area contributed by atoms with Crippen molar-refractivity contribution in [3.8, 4) is 5.82 Å². The van der Waals surface area contributed by atoms with Crippen LogP contribution < -0.4 is 10.0 Å². The van der Waals surface area contributed by atoms with Crippen LogP contribution >= 0.6 is 0 Å². The number of rotatable bonds is 6. The zero-order chi connectivity index (χ0) is 21.1. The first kappa shape index (κ1) is 19.5. The zero-order valence-corrected chi connectivity index (χ0v) is 16.0. The van der Waals surface area contributed by atoms with Gasteiger partial charge in [-0.2, -0.15) is 0 Å². The number of nitrogens with one attached hydrogen (secondary N) is 2. The van der Waals surface area contributed by atoms with Crippen molar-refractivity contribution < 1.29 is 17.2 Å². The zero-order valence-electron chi connectivity index (χ0n) is 15.2. The van der Waals surface area contributed by atoms with Crippen molar-refractivity contribution in [3.63, 3.8) is 0 Å². The molecule has 4 aromatic rings. The van der Waals surface area contributed by atoms with E-state index in [9.17, 15) is 17.2 Å². The maximum atomic E-state index is 13.3. The molecule has 0 aliphatic heterocycles. The molecule has 0 unspecified atom stereocenters. The Morgan fingerprint density at radius 1 is 0.900 bits per heavy atom. The molecule has 0 amide bonds. The first-order valence-corrected chi connectivity index (χ1v) is 10.0. The molecule has 30 heavy (non-hydrogen) atoms. The van der Waals surface area contributed by atoms with Gasteiger partial charge >= 0.3 is 0 Å². The molecule has 0 aliphatic carbocycles. The second kappa shape index (κ2) is 7.87. The first-order valence-electron chi connectivity index (χ1n) is 8.55. The largest absolute Gasteiger partial charge is 0.340 e. The molecule has 2 heterocycles. The van der Waals surface area contributed by atoms with Gasteiger partial charge in [-0.15, -0.1) is 0 Å². The van der Waals surface area contributed by atoms with E-state index >= 15 is 0 Å². The maximum absolute atomic E-state index is 13.3. The van der Waals surface area contributed by atoms with Crippen molar-refractivity contribution in [2.24, 2.45) is 0 Å². The second-order valence-electron chi connectivity index (χ2n) is 6.14. The van der Waals surface area contributed by atoms with Gasteiger partial charge < -0.3 is 5.32 Å². The highest BCUT2D eigenvalue weighted by atomic mass is 32.2. The summed E-state index contributed by atoms with van der Waals surface area (Å²) in [5.74, 6) is -0.807. The number of nitrogens with zero attached hydrogens (tertiary/aromatic N) is 4. The Hall–Kier alpha value is -3.86. The molecule has 4 rings (SSSR count). The highest BCUT2D eigenvalue weighted by Crippen LogP contribution is 2.22. The van der Waals surface area contributed by atoms with Crippen molar-refractivity contribution in [1.29, 1.82) is 0 Å². The van der Waals surface area contributed by atoms with Gasteiger partial charge in [-0.1, -0.05) is 0 Å². The Labute approximate surface area is 170 Å². The highest BCUT2D eigenvalue weighted by Gasteiger charge is 2.16.